The highest BCUT2D eigenvalue weighted by Gasteiger charge is 2.71. The fourth-order valence-corrected chi connectivity index (χ4v) is 4.99. The molecule has 1 saturated heterocycles. The van der Waals surface area contributed by atoms with E-state index in [0.717, 1.165) is 0 Å². The Morgan fingerprint density at radius 3 is 2.59 bits per heavy atom. The molecule has 1 unspecified atom stereocenters. The van der Waals surface area contributed by atoms with Crippen molar-refractivity contribution in [2.24, 2.45) is 23.2 Å². The lowest BCUT2D eigenvalue weighted by Crippen LogP contribution is -2.57. The number of carboxylic acids is 1. The van der Waals surface area contributed by atoms with Crippen LogP contribution in [0.3, 0.4) is 0 Å². The first-order valence-corrected chi connectivity index (χ1v) is 10.3. The van der Waals surface area contributed by atoms with E-state index >= 15 is 0 Å². The average Bonchev–Trinajstić information content (AvgIpc) is 2.99. The van der Waals surface area contributed by atoms with Crippen molar-refractivity contribution in [2.75, 3.05) is 0 Å². The number of hydrogen-bond donors (Lipinski definition) is 1. The van der Waals surface area contributed by atoms with Crippen molar-refractivity contribution in [3.05, 3.63) is 60.2 Å². The Kier molecular flexibility index (Phi) is 5.35. The Hall–Kier alpha value is -3.16. The minimum Gasteiger partial charge on any atom is -0.480 e. The minimum atomic E-state index is -3.36. The molecule has 5 nitrogen and oxygen atoms in total. The third-order valence-corrected chi connectivity index (χ3v) is 6.72. The van der Waals surface area contributed by atoms with Gasteiger partial charge < -0.3 is 9.84 Å². The maximum atomic E-state index is 14.8. The number of aliphatic carboxylic acids is 1. The SMILES string of the molecule is C[C@H]1OC(=O)[C@]2(C(=O)O)CC(F)(F)[C@@H](C)[C@H](/C=C/c3ccc(-c4cccc(F)c4)cn3)C12. The summed E-state index contributed by atoms with van der Waals surface area (Å²) in [5, 5.41) is 9.77. The van der Waals surface area contributed by atoms with Gasteiger partial charge in [-0.1, -0.05) is 31.2 Å². The van der Waals surface area contributed by atoms with Crippen LogP contribution in [-0.4, -0.2) is 34.1 Å². The molecule has 8 heteroatoms. The van der Waals surface area contributed by atoms with Crippen molar-refractivity contribution in [3.63, 3.8) is 0 Å². The minimum absolute atomic E-state index is 0.372. The molecule has 1 aromatic carbocycles. The number of halogens is 3. The Balaban J connectivity index is 1.66. The molecule has 2 aliphatic rings. The number of carbonyl (C=O) groups is 2. The summed E-state index contributed by atoms with van der Waals surface area (Å²) in [6, 6.07) is 9.43. The van der Waals surface area contributed by atoms with Crippen molar-refractivity contribution in [2.45, 2.75) is 32.3 Å². The fraction of sp³-hybridized carbons (Fsp3) is 0.375. The zero-order valence-corrected chi connectivity index (χ0v) is 17.5. The number of carbonyl (C=O) groups excluding carboxylic acids is 1. The van der Waals surface area contributed by atoms with Gasteiger partial charge in [0.25, 0.3) is 5.92 Å². The molecule has 0 radical (unpaired) electrons. The Morgan fingerprint density at radius 2 is 1.97 bits per heavy atom. The van der Waals surface area contributed by atoms with Crippen molar-refractivity contribution < 1.29 is 32.6 Å². The fourth-order valence-electron chi connectivity index (χ4n) is 4.99. The van der Waals surface area contributed by atoms with E-state index in [9.17, 15) is 27.9 Å². The van der Waals surface area contributed by atoms with Crippen LogP contribution in [0.5, 0.6) is 0 Å². The number of rotatable bonds is 4. The van der Waals surface area contributed by atoms with Crippen LogP contribution in [0.4, 0.5) is 13.2 Å². The smallest absolute Gasteiger partial charge is 0.324 e. The van der Waals surface area contributed by atoms with Gasteiger partial charge in [-0.25, -0.2) is 13.2 Å². The number of fused-ring (bicyclic) bond motifs is 1. The lowest BCUT2D eigenvalue weighted by Gasteiger charge is -2.45. The highest BCUT2D eigenvalue weighted by molar-refractivity contribution is 6.01. The Bertz CT molecular complexity index is 1080. The van der Waals surface area contributed by atoms with Crippen LogP contribution in [0.15, 0.2) is 48.7 Å². The summed E-state index contributed by atoms with van der Waals surface area (Å²) in [6.45, 7) is 2.90. The lowest BCUT2D eigenvalue weighted by molar-refractivity contribution is -0.188. The molecular formula is C24H22F3NO4. The van der Waals surface area contributed by atoms with Gasteiger partial charge in [-0.15, -0.1) is 0 Å². The molecule has 2 fully saturated rings. The van der Waals surface area contributed by atoms with Gasteiger partial charge in [0.05, 0.1) is 5.69 Å². The summed E-state index contributed by atoms with van der Waals surface area (Å²) in [4.78, 5) is 28.7. The second kappa shape index (κ2) is 7.76. The number of alkyl halides is 2. The number of hydrogen-bond acceptors (Lipinski definition) is 4. The topological polar surface area (TPSA) is 76.5 Å². The van der Waals surface area contributed by atoms with Gasteiger partial charge in [-0.2, -0.15) is 0 Å². The predicted octanol–water partition coefficient (Wildman–Crippen LogP) is 4.82. The van der Waals surface area contributed by atoms with Crippen LogP contribution >= 0.6 is 0 Å². The standard InChI is InChI=1S/C24H22F3NO4/c1-13-19(20-14(2)32-22(31)23(20,21(29)30)12-24(13,26)27)9-8-18-7-6-16(11-28-18)15-4-3-5-17(25)10-15/h3-11,13-14,19-20H,12H2,1-2H3,(H,29,30)/b9-8+/t13-,14+,19-,20?,23+/m0/s1. The van der Waals surface area contributed by atoms with Crippen LogP contribution in [0.25, 0.3) is 17.2 Å². The second-order valence-corrected chi connectivity index (χ2v) is 8.56. The highest BCUT2D eigenvalue weighted by Crippen LogP contribution is 2.59. The number of aromatic nitrogens is 1. The number of nitrogens with zero attached hydrogens (tertiary/aromatic N) is 1. The van der Waals surface area contributed by atoms with E-state index in [-0.39, 0.29) is 5.82 Å². The van der Waals surface area contributed by atoms with Gasteiger partial charge in [0.1, 0.15) is 11.9 Å². The molecule has 168 valence electrons. The number of cyclic esters (lactones) is 1. The molecule has 4 rings (SSSR count). The molecule has 0 bridgehead atoms. The molecule has 0 spiro atoms. The van der Waals surface area contributed by atoms with Crippen LogP contribution in [0.2, 0.25) is 0 Å². The lowest BCUT2D eigenvalue weighted by atomic mass is 9.56. The van der Waals surface area contributed by atoms with E-state index in [1.54, 1.807) is 36.5 Å². The summed E-state index contributed by atoms with van der Waals surface area (Å²) in [6.07, 6.45) is 2.70. The van der Waals surface area contributed by atoms with Gasteiger partial charge in [0.2, 0.25) is 0 Å². The normalized spacial score (nSPS) is 31.3. The number of ether oxygens (including phenoxy) is 1. The zero-order valence-electron chi connectivity index (χ0n) is 17.5. The third-order valence-electron chi connectivity index (χ3n) is 6.72. The largest absolute Gasteiger partial charge is 0.480 e. The van der Waals surface area contributed by atoms with Crippen molar-refractivity contribution in [1.82, 2.24) is 4.98 Å². The highest BCUT2D eigenvalue weighted by atomic mass is 19.3. The van der Waals surface area contributed by atoms with Gasteiger partial charge in [0, 0.05) is 30.0 Å². The number of pyridine rings is 1. The molecule has 1 aliphatic heterocycles. The van der Waals surface area contributed by atoms with Crippen LogP contribution in [0, 0.1) is 29.0 Å². The van der Waals surface area contributed by atoms with Crippen molar-refractivity contribution in [1.29, 1.82) is 0 Å². The first-order chi connectivity index (χ1) is 15.1. The first-order valence-electron chi connectivity index (χ1n) is 10.3. The van der Waals surface area contributed by atoms with Gasteiger partial charge in [-0.05, 0) is 42.7 Å². The maximum absolute atomic E-state index is 14.8. The summed E-state index contributed by atoms with van der Waals surface area (Å²) >= 11 is 0. The van der Waals surface area contributed by atoms with E-state index < -0.39 is 53.6 Å². The van der Waals surface area contributed by atoms with Crippen molar-refractivity contribution >= 4 is 18.0 Å². The predicted molar refractivity (Wildman–Crippen MR) is 110 cm³/mol. The quantitative estimate of drug-likeness (QED) is 0.539. The van der Waals surface area contributed by atoms with Crippen LogP contribution in [-0.2, 0) is 14.3 Å². The Morgan fingerprint density at radius 1 is 1.22 bits per heavy atom. The summed E-state index contributed by atoms with van der Waals surface area (Å²) in [5.74, 6) is -9.46. The number of carboxylic acid groups (broad SMARTS) is 1. The maximum Gasteiger partial charge on any atom is 0.324 e. The molecule has 32 heavy (non-hydrogen) atoms. The molecule has 2 heterocycles. The van der Waals surface area contributed by atoms with Crippen LogP contribution in [0.1, 0.15) is 26.0 Å². The summed E-state index contributed by atoms with van der Waals surface area (Å²) in [7, 11) is 0. The number of benzene rings is 1. The third kappa shape index (κ3) is 3.47. The monoisotopic (exact) mass is 445 g/mol. The molecule has 2 aromatic rings. The van der Waals surface area contributed by atoms with E-state index in [4.69, 9.17) is 4.74 Å². The summed E-state index contributed by atoms with van der Waals surface area (Å²) < 4.78 is 48.3. The number of esters is 1. The average molecular weight is 445 g/mol. The van der Waals surface area contributed by atoms with E-state index in [2.05, 4.69) is 4.98 Å². The molecule has 1 saturated carbocycles. The van der Waals surface area contributed by atoms with Crippen molar-refractivity contribution in [3.8, 4) is 11.1 Å². The Labute approximate surface area is 182 Å². The second-order valence-electron chi connectivity index (χ2n) is 8.56. The summed E-state index contributed by atoms with van der Waals surface area (Å²) in [5.41, 5.74) is -0.480. The first kappa shape index (κ1) is 22.0. The molecule has 1 aromatic heterocycles. The van der Waals surface area contributed by atoms with Crippen LogP contribution < -0.4 is 0 Å². The molecular weight excluding hydrogens is 423 g/mol. The van der Waals surface area contributed by atoms with Gasteiger partial charge in [0.15, 0.2) is 5.41 Å². The number of allylic oxidation sites excluding steroid dienone is 1. The van der Waals surface area contributed by atoms with E-state index in [1.807, 2.05) is 0 Å². The van der Waals surface area contributed by atoms with Gasteiger partial charge in [-0.3, -0.25) is 14.6 Å². The molecule has 5 atom stereocenters. The molecule has 1 N–H and O–H groups in total. The molecule has 1 aliphatic carbocycles. The molecule has 0 amide bonds. The zero-order chi connectivity index (χ0) is 23.3. The van der Waals surface area contributed by atoms with Gasteiger partial charge >= 0.3 is 11.9 Å². The van der Waals surface area contributed by atoms with E-state index in [1.165, 1.54) is 32.1 Å². The van der Waals surface area contributed by atoms with E-state index in [0.29, 0.717) is 16.8 Å².